The second-order valence-electron chi connectivity index (χ2n) is 7.37. The van der Waals surface area contributed by atoms with Crippen molar-refractivity contribution >= 4 is 8.32 Å². The third kappa shape index (κ3) is 4.31. The summed E-state index contributed by atoms with van der Waals surface area (Å²) in [5.74, 6) is 0. The van der Waals surface area contributed by atoms with Gasteiger partial charge in [0.05, 0.1) is 36.5 Å². The molecule has 2 aromatic rings. The summed E-state index contributed by atoms with van der Waals surface area (Å²) < 4.78 is 8.39. The Bertz CT molecular complexity index is 690. The van der Waals surface area contributed by atoms with E-state index in [9.17, 15) is 0 Å². The molecule has 0 aliphatic carbocycles. The van der Waals surface area contributed by atoms with Crippen molar-refractivity contribution in [3.63, 3.8) is 0 Å². The lowest BCUT2D eigenvalue weighted by Crippen LogP contribution is -2.40. The van der Waals surface area contributed by atoms with Crippen molar-refractivity contribution in [1.29, 1.82) is 5.26 Å². The number of hydrogen-bond acceptors (Lipinski definition) is 3. The van der Waals surface area contributed by atoms with Crippen LogP contribution in [0.4, 0.5) is 0 Å². The quantitative estimate of drug-likeness (QED) is 0.768. The lowest BCUT2D eigenvalue weighted by molar-refractivity contribution is 0.267. The van der Waals surface area contributed by atoms with Gasteiger partial charge in [-0.2, -0.15) is 5.26 Å². The second kappa shape index (κ2) is 6.69. The van der Waals surface area contributed by atoms with Crippen LogP contribution < -0.4 is 0 Å². The molecule has 0 saturated heterocycles. The summed E-state index contributed by atoms with van der Waals surface area (Å²) in [5, 5.41) is 9.06. The zero-order chi connectivity index (χ0) is 17.1. The van der Waals surface area contributed by atoms with Crippen LogP contribution in [0.15, 0.2) is 36.8 Å². The van der Waals surface area contributed by atoms with Crippen LogP contribution in [0, 0.1) is 11.3 Å². The number of aromatic nitrogens is 2. The first-order valence-electron chi connectivity index (χ1n) is 7.85. The number of nitriles is 1. The molecule has 0 fully saturated rings. The molecule has 23 heavy (non-hydrogen) atoms. The number of nitrogens with zero attached hydrogens (tertiary/aromatic N) is 3. The predicted octanol–water partition coefficient (Wildman–Crippen LogP) is 4.32. The van der Waals surface area contributed by atoms with Gasteiger partial charge in [-0.05, 0) is 35.8 Å². The average molecular weight is 328 g/mol. The van der Waals surface area contributed by atoms with E-state index in [1.54, 1.807) is 0 Å². The van der Waals surface area contributed by atoms with Gasteiger partial charge in [0, 0.05) is 6.54 Å². The monoisotopic (exact) mass is 327 g/mol. The van der Waals surface area contributed by atoms with E-state index in [0.29, 0.717) is 12.2 Å². The Morgan fingerprint density at radius 2 is 1.87 bits per heavy atom. The smallest absolute Gasteiger partial charge is 0.192 e. The van der Waals surface area contributed by atoms with Crippen LogP contribution in [0.3, 0.4) is 0 Å². The van der Waals surface area contributed by atoms with E-state index >= 15 is 0 Å². The molecule has 2 rings (SSSR count). The maximum atomic E-state index is 8.86. The van der Waals surface area contributed by atoms with Crippen molar-refractivity contribution in [1.82, 2.24) is 9.55 Å². The molecule has 1 aromatic carbocycles. The molecule has 0 aliphatic heterocycles. The fraction of sp³-hybridized carbons (Fsp3) is 0.444. The Balaban J connectivity index is 2.06. The van der Waals surface area contributed by atoms with Crippen molar-refractivity contribution < 1.29 is 4.43 Å². The number of benzene rings is 1. The molecule has 0 saturated carbocycles. The van der Waals surface area contributed by atoms with E-state index in [1.165, 1.54) is 0 Å². The van der Waals surface area contributed by atoms with Gasteiger partial charge in [-0.1, -0.05) is 32.9 Å². The molecule has 0 radical (unpaired) electrons. The third-order valence-corrected chi connectivity index (χ3v) is 9.10. The topological polar surface area (TPSA) is 50.8 Å². The molecule has 0 unspecified atom stereocenters. The minimum Gasteiger partial charge on any atom is -0.411 e. The lowest BCUT2D eigenvalue weighted by atomic mass is 10.1. The Morgan fingerprint density at radius 1 is 1.22 bits per heavy atom. The molecule has 0 atom stereocenters. The van der Waals surface area contributed by atoms with Gasteiger partial charge in [-0.15, -0.1) is 0 Å². The molecular formula is C18H25N3OSi. The first kappa shape index (κ1) is 17.5. The highest BCUT2D eigenvalue weighted by atomic mass is 28.4. The maximum Gasteiger partial charge on any atom is 0.192 e. The maximum absolute atomic E-state index is 8.86. The van der Waals surface area contributed by atoms with E-state index < -0.39 is 8.32 Å². The molecule has 0 spiro atoms. The number of rotatable bonds is 5. The summed E-state index contributed by atoms with van der Waals surface area (Å²) in [4.78, 5) is 4.26. The molecule has 1 aromatic heterocycles. The van der Waals surface area contributed by atoms with E-state index in [0.717, 1.165) is 17.8 Å². The normalized spacial score (nSPS) is 12.2. The highest BCUT2D eigenvalue weighted by Gasteiger charge is 2.37. The Hall–Kier alpha value is -1.90. The zero-order valence-corrected chi connectivity index (χ0v) is 15.6. The SMILES string of the molecule is CC(C)(C)[Si](C)(C)OCc1cncn1Cc1ccc(C#N)cc1. The first-order chi connectivity index (χ1) is 10.7. The fourth-order valence-electron chi connectivity index (χ4n) is 1.96. The van der Waals surface area contributed by atoms with Crippen LogP contribution >= 0.6 is 0 Å². The summed E-state index contributed by atoms with van der Waals surface area (Å²) in [6.07, 6.45) is 3.71. The van der Waals surface area contributed by atoms with Gasteiger partial charge in [-0.25, -0.2) is 4.98 Å². The molecule has 4 nitrogen and oxygen atoms in total. The van der Waals surface area contributed by atoms with Crippen LogP contribution in [0.25, 0.3) is 0 Å². The highest BCUT2D eigenvalue weighted by molar-refractivity contribution is 6.74. The zero-order valence-electron chi connectivity index (χ0n) is 14.6. The largest absolute Gasteiger partial charge is 0.411 e. The Labute approximate surface area is 139 Å². The fourth-order valence-corrected chi connectivity index (χ4v) is 2.90. The lowest BCUT2D eigenvalue weighted by Gasteiger charge is -2.36. The van der Waals surface area contributed by atoms with E-state index in [-0.39, 0.29) is 5.04 Å². The summed E-state index contributed by atoms with van der Waals surface area (Å²) in [6.45, 7) is 12.6. The summed E-state index contributed by atoms with van der Waals surface area (Å²) in [7, 11) is -1.77. The van der Waals surface area contributed by atoms with Crippen LogP contribution in [0.1, 0.15) is 37.6 Å². The van der Waals surface area contributed by atoms with Crippen molar-refractivity contribution in [2.45, 2.75) is 52.1 Å². The van der Waals surface area contributed by atoms with Gasteiger partial charge in [-0.3, -0.25) is 0 Å². The van der Waals surface area contributed by atoms with Gasteiger partial charge in [0.15, 0.2) is 8.32 Å². The first-order valence-corrected chi connectivity index (χ1v) is 10.8. The van der Waals surface area contributed by atoms with Gasteiger partial charge in [0.1, 0.15) is 0 Å². The van der Waals surface area contributed by atoms with E-state index in [1.807, 2.05) is 36.8 Å². The molecule has 122 valence electrons. The minimum absolute atomic E-state index is 0.199. The molecule has 0 amide bonds. The van der Waals surface area contributed by atoms with Crippen LogP contribution in [0.5, 0.6) is 0 Å². The minimum atomic E-state index is -1.77. The van der Waals surface area contributed by atoms with Gasteiger partial charge in [0.2, 0.25) is 0 Å². The van der Waals surface area contributed by atoms with Gasteiger partial charge >= 0.3 is 0 Å². The predicted molar refractivity (Wildman–Crippen MR) is 94.5 cm³/mol. The average Bonchev–Trinajstić information content (AvgIpc) is 2.92. The van der Waals surface area contributed by atoms with Crippen molar-refractivity contribution in [3.8, 4) is 6.07 Å². The highest BCUT2D eigenvalue weighted by Crippen LogP contribution is 2.37. The Kier molecular flexibility index (Phi) is 5.08. The molecule has 1 heterocycles. The molecule has 0 N–H and O–H groups in total. The third-order valence-electron chi connectivity index (χ3n) is 4.62. The number of imidazole rings is 1. The molecule has 0 aliphatic rings. The molecular weight excluding hydrogens is 302 g/mol. The van der Waals surface area contributed by atoms with Crippen LogP contribution in [0.2, 0.25) is 18.1 Å². The van der Waals surface area contributed by atoms with E-state index in [4.69, 9.17) is 9.69 Å². The molecule has 5 heteroatoms. The summed E-state index contributed by atoms with van der Waals surface area (Å²) in [5.41, 5.74) is 2.91. The molecule has 0 bridgehead atoms. The van der Waals surface area contributed by atoms with Gasteiger partial charge < -0.3 is 8.99 Å². The Morgan fingerprint density at radius 3 is 2.43 bits per heavy atom. The van der Waals surface area contributed by atoms with Crippen LogP contribution in [-0.2, 0) is 17.6 Å². The summed E-state index contributed by atoms with van der Waals surface area (Å²) in [6, 6.07) is 9.80. The van der Waals surface area contributed by atoms with Gasteiger partial charge in [0.25, 0.3) is 0 Å². The second-order valence-corrected chi connectivity index (χ2v) is 12.2. The van der Waals surface area contributed by atoms with Crippen molar-refractivity contribution in [2.75, 3.05) is 0 Å². The van der Waals surface area contributed by atoms with E-state index in [2.05, 4.69) is 49.5 Å². The standard InChI is InChI=1S/C18H25N3OSi/c1-18(2,3)23(4,5)22-13-17-11-20-14-21(17)12-16-8-6-15(10-19)7-9-16/h6-9,11,14H,12-13H2,1-5H3. The van der Waals surface area contributed by atoms with Crippen LogP contribution in [-0.4, -0.2) is 17.9 Å². The van der Waals surface area contributed by atoms with Crippen molar-refractivity contribution in [3.05, 3.63) is 53.6 Å². The van der Waals surface area contributed by atoms with Crippen molar-refractivity contribution in [2.24, 2.45) is 0 Å². The summed E-state index contributed by atoms with van der Waals surface area (Å²) >= 11 is 0. The number of hydrogen-bond donors (Lipinski definition) is 0.